The highest BCUT2D eigenvalue weighted by atomic mass is 35.5. The van der Waals surface area contributed by atoms with E-state index in [1.165, 1.54) is 24.4 Å². The molecular weight excluding hydrogens is 232 g/mol. The van der Waals surface area contributed by atoms with Crippen LogP contribution < -0.4 is 4.90 Å². The first-order valence-corrected chi connectivity index (χ1v) is 6.63. The molecule has 0 atom stereocenters. The standard InChI is InChI=1S/C14H19ClN2/c1-11(2)14-16-9-3-4-10-17(14)13-7-5-12(15)6-8-13/h5-8,11H,3-4,9-10H2,1-2H3. The molecule has 0 aliphatic carbocycles. The van der Waals surface area contributed by atoms with Gasteiger partial charge in [-0.1, -0.05) is 25.4 Å². The molecule has 17 heavy (non-hydrogen) atoms. The topological polar surface area (TPSA) is 15.6 Å². The average Bonchev–Trinajstić information content (AvgIpc) is 2.55. The Balaban J connectivity index is 2.30. The largest absolute Gasteiger partial charge is 0.330 e. The highest BCUT2D eigenvalue weighted by molar-refractivity contribution is 6.30. The van der Waals surface area contributed by atoms with Crippen LogP contribution in [0.25, 0.3) is 0 Å². The maximum atomic E-state index is 5.93. The van der Waals surface area contributed by atoms with Crippen molar-refractivity contribution in [2.45, 2.75) is 26.7 Å². The van der Waals surface area contributed by atoms with Gasteiger partial charge in [0.1, 0.15) is 5.84 Å². The van der Waals surface area contributed by atoms with Crippen LogP contribution in [-0.2, 0) is 0 Å². The molecule has 1 aromatic carbocycles. The highest BCUT2D eigenvalue weighted by Gasteiger charge is 2.18. The molecule has 0 radical (unpaired) electrons. The summed E-state index contributed by atoms with van der Waals surface area (Å²) in [5.74, 6) is 1.66. The van der Waals surface area contributed by atoms with E-state index < -0.39 is 0 Å². The molecule has 0 bridgehead atoms. The molecule has 1 aromatic rings. The molecule has 1 heterocycles. The van der Waals surface area contributed by atoms with E-state index in [-0.39, 0.29) is 0 Å². The first-order chi connectivity index (χ1) is 8.18. The highest BCUT2D eigenvalue weighted by Crippen LogP contribution is 2.22. The molecule has 0 amide bonds. The van der Waals surface area contributed by atoms with Crippen molar-refractivity contribution in [1.82, 2.24) is 0 Å². The number of amidine groups is 1. The lowest BCUT2D eigenvalue weighted by Crippen LogP contribution is -2.34. The molecule has 0 saturated carbocycles. The molecule has 3 heteroatoms. The fourth-order valence-corrected chi connectivity index (χ4v) is 2.28. The van der Waals surface area contributed by atoms with Crippen LogP contribution in [0.5, 0.6) is 0 Å². The second-order valence-electron chi connectivity index (χ2n) is 4.73. The summed E-state index contributed by atoms with van der Waals surface area (Å²) >= 11 is 5.93. The van der Waals surface area contributed by atoms with E-state index in [0.29, 0.717) is 5.92 Å². The number of halogens is 1. The van der Waals surface area contributed by atoms with E-state index in [1.54, 1.807) is 0 Å². The van der Waals surface area contributed by atoms with Crippen molar-refractivity contribution in [3.05, 3.63) is 29.3 Å². The quantitative estimate of drug-likeness (QED) is 0.775. The molecule has 92 valence electrons. The Bertz CT molecular complexity index is 395. The zero-order chi connectivity index (χ0) is 12.3. The predicted molar refractivity (Wildman–Crippen MR) is 75.2 cm³/mol. The van der Waals surface area contributed by atoms with Gasteiger partial charge in [-0.2, -0.15) is 0 Å². The van der Waals surface area contributed by atoms with Gasteiger partial charge < -0.3 is 4.90 Å². The Morgan fingerprint density at radius 2 is 1.88 bits per heavy atom. The summed E-state index contributed by atoms with van der Waals surface area (Å²) in [7, 11) is 0. The number of anilines is 1. The summed E-state index contributed by atoms with van der Waals surface area (Å²) in [6, 6.07) is 8.04. The summed E-state index contributed by atoms with van der Waals surface area (Å²) in [4.78, 5) is 7.04. The molecule has 1 aliphatic rings. The minimum Gasteiger partial charge on any atom is -0.330 e. The van der Waals surface area contributed by atoms with Crippen molar-refractivity contribution < 1.29 is 0 Å². The molecule has 0 N–H and O–H groups in total. The number of benzene rings is 1. The van der Waals surface area contributed by atoms with Crippen molar-refractivity contribution in [3.63, 3.8) is 0 Å². The maximum absolute atomic E-state index is 5.93. The van der Waals surface area contributed by atoms with Crippen molar-refractivity contribution in [2.75, 3.05) is 18.0 Å². The third-order valence-electron chi connectivity index (χ3n) is 2.99. The first kappa shape index (κ1) is 12.4. The van der Waals surface area contributed by atoms with E-state index >= 15 is 0 Å². The Kier molecular flexibility index (Phi) is 4.06. The fraction of sp³-hybridized carbons (Fsp3) is 0.500. The molecule has 0 fully saturated rings. The predicted octanol–water partition coefficient (Wildman–Crippen LogP) is 3.99. The van der Waals surface area contributed by atoms with E-state index in [0.717, 1.165) is 18.1 Å². The second-order valence-corrected chi connectivity index (χ2v) is 5.17. The molecule has 0 spiro atoms. The number of aliphatic imine (C=N–C) groups is 1. The zero-order valence-electron chi connectivity index (χ0n) is 10.5. The first-order valence-electron chi connectivity index (χ1n) is 6.26. The van der Waals surface area contributed by atoms with Crippen molar-refractivity contribution in [1.29, 1.82) is 0 Å². The molecule has 0 unspecified atom stereocenters. The van der Waals surface area contributed by atoms with E-state index in [4.69, 9.17) is 16.6 Å². The van der Waals surface area contributed by atoms with Gasteiger partial charge in [0.05, 0.1) is 0 Å². The number of hydrogen-bond acceptors (Lipinski definition) is 2. The summed E-state index contributed by atoms with van der Waals surface area (Å²) in [5.41, 5.74) is 1.20. The van der Waals surface area contributed by atoms with Gasteiger partial charge >= 0.3 is 0 Å². The lowest BCUT2D eigenvalue weighted by atomic mass is 10.1. The molecular formula is C14H19ClN2. The Morgan fingerprint density at radius 3 is 2.53 bits per heavy atom. The van der Waals surface area contributed by atoms with Crippen molar-refractivity contribution in [2.24, 2.45) is 10.9 Å². The number of rotatable bonds is 2. The maximum Gasteiger partial charge on any atom is 0.106 e. The third kappa shape index (κ3) is 3.01. The van der Waals surface area contributed by atoms with Gasteiger partial charge in [-0.15, -0.1) is 0 Å². The minimum atomic E-state index is 0.462. The van der Waals surface area contributed by atoms with Crippen molar-refractivity contribution in [3.8, 4) is 0 Å². The summed E-state index contributed by atoms with van der Waals surface area (Å²) < 4.78 is 0. The minimum absolute atomic E-state index is 0.462. The van der Waals surface area contributed by atoms with Crippen LogP contribution in [0.3, 0.4) is 0 Å². The van der Waals surface area contributed by atoms with Gasteiger partial charge in [0, 0.05) is 29.7 Å². The monoisotopic (exact) mass is 250 g/mol. The van der Waals surface area contributed by atoms with Crippen LogP contribution in [0.1, 0.15) is 26.7 Å². The summed E-state index contributed by atoms with van der Waals surface area (Å²) in [5, 5.41) is 0.784. The van der Waals surface area contributed by atoms with Gasteiger partial charge in [0.25, 0.3) is 0 Å². The van der Waals surface area contributed by atoms with Gasteiger partial charge in [-0.05, 0) is 37.1 Å². The van der Waals surface area contributed by atoms with Crippen LogP contribution in [0.15, 0.2) is 29.3 Å². The number of hydrogen-bond donors (Lipinski definition) is 0. The van der Waals surface area contributed by atoms with Gasteiger partial charge in [-0.3, -0.25) is 4.99 Å². The summed E-state index contributed by atoms with van der Waals surface area (Å²) in [6.45, 7) is 6.41. The van der Waals surface area contributed by atoms with E-state index in [2.05, 4.69) is 30.9 Å². The van der Waals surface area contributed by atoms with Crippen LogP contribution >= 0.6 is 11.6 Å². The Morgan fingerprint density at radius 1 is 1.18 bits per heavy atom. The smallest absolute Gasteiger partial charge is 0.106 e. The van der Waals surface area contributed by atoms with Crippen molar-refractivity contribution >= 4 is 23.1 Å². The fourth-order valence-electron chi connectivity index (χ4n) is 2.15. The van der Waals surface area contributed by atoms with Crippen LogP contribution in [0.2, 0.25) is 5.02 Å². The molecule has 0 aromatic heterocycles. The van der Waals surface area contributed by atoms with Gasteiger partial charge in [0.2, 0.25) is 0 Å². The van der Waals surface area contributed by atoms with Crippen LogP contribution in [0.4, 0.5) is 5.69 Å². The molecule has 2 nitrogen and oxygen atoms in total. The number of nitrogens with zero attached hydrogens (tertiary/aromatic N) is 2. The molecule has 0 saturated heterocycles. The van der Waals surface area contributed by atoms with Gasteiger partial charge in [0.15, 0.2) is 0 Å². The lowest BCUT2D eigenvalue weighted by Gasteiger charge is -2.27. The summed E-state index contributed by atoms with van der Waals surface area (Å²) in [6.07, 6.45) is 2.38. The van der Waals surface area contributed by atoms with Gasteiger partial charge in [-0.25, -0.2) is 0 Å². The normalized spacial score (nSPS) is 16.9. The second kappa shape index (κ2) is 5.54. The third-order valence-corrected chi connectivity index (χ3v) is 3.25. The lowest BCUT2D eigenvalue weighted by molar-refractivity contribution is 0.772. The average molecular weight is 251 g/mol. The molecule has 2 rings (SSSR count). The zero-order valence-corrected chi connectivity index (χ0v) is 11.2. The van der Waals surface area contributed by atoms with E-state index in [1.807, 2.05) is 12.1 Å². The van der Waals surface area contributed by atoms with Crippen LogP contribution in [0, 0.1) is 5.92 Å². The van der Waals surface area contributed by atoms with E-state index in [9.17, 15) is 0 Å². The SMILES string of the molecule is CC(C)C1=NCCCCN1c1ccc(Cl)cc1. The Labute approximate surface area is 108 Å². The van der Waals surface area contributed by atoms with Crippen LogP contribution in [-0.4, -0.2) is 18.9 Å². The Hall–Kier alpha value is -1.02. The molecule has 1 aliphatic heterocycles.